The fraction of sp³-hybridized carbons (Fsp3) is 0.353. The van der Waals surface area contributed by atoms with Gasteiger partial charge in [0.25, 0.3) is 5.56 Å². The molecule has 0 unspecified atom stereocenters. The zero-order valence-electron chi connectivity index (χ0n) is 14.8. The van der Waals surface area contributed by atoms with E-state index in [1.54, 1.807) is 0 Å². The van der Waals surface area contributed by atoms with Gasteiger partial charge < -0.3 is 9.47 Å². The maximum atomic E-state index is 12.0. The zero-order valence-corrected chi connectivity index (χ0v) is 15.6. The zero-order chi connectivity index (χ0) is 19.9. The Balaban J connectivity index is 1.85. The molecule has 1 aromatic carbocycles. The van der Waals surface area contributed by atoms with Gasteiger partial charge in [0, 0.05) is 12.6 Å². The second kappa shape index (κ2) is 9.28. The molecule has 9 nitrogen and oxygen atoms in total. The molecule has 2 aromatic rings. The lowest BCUT2D eigenvalue weighted by atomic mass is 10.3. The molecule has 0 saturated carbocycles. The summed E-state index contributed by atoms with van der Waals surface area (Å²) in [5.41, 5.74) is -0.227. The molecule has 10 heteroatoms. The maximum Gasteiger partial charge on any atom is 0.358 e. The number of nitrogens with zero attached hydrogens (tertiary/aromatic N) is 2. The number of hydrogen-bond donors (Lipinski definition) is 1. The number of benzene rings is 1. The standard InChI is InChI=1S/C17H21N3O6S/c1-2-3-10-20-16(21)9-8-15(19-20)17(22)26-12-11-25-13-4-6-14(7-5-13)27(18,23)24/h4-9H,2-3,10-12H2,1H3,(H2,18,23,24). The van der Waals surface area contributed by atoms with Crippen LogP contribution in [0.15, 0.2) is 46.1 Å². The van der Waals surface area contributed by atoms with Crippen LogP contribution in [-0.2, 0) is 21.3 Å². The van der Waals surface area contributed by atoms with Crippen molar-refractivity contribution in [1.29, 1.82) is 0 Å². The molecule has 0 spiro atoms. The number of unbranched alkanes of at least 4 members (excludes halogenated alkanes) is 1. The average Bonchev–Trinajstić information content (AvgIpc) is 2.64. The van der Waals surface area contributed by atoms with Gasteiger partial charge in [-0.3, -0.25) is 4.79 Å². The number of sulfonamides is 1. The number of hydrogen-bond acceptors (Lipinski definition) is 7. The molecule has 0 fully saturated rings. The minimum Gasteiger partial charge on any atom is -0.490 e. The molecule has 0 amide bonds. The Morgan fingerprint density at radius 2 is 1.85 bits per heavy atom. The van der Waals surface area contributed by atoms with Crippen LogP contribution in [0.1, 0.15) is 30.3 Å². The van der Waals surface area contributed by atoms with E-state index in [2.05, 4.69) is 5.10 Å². The summed E-state index contributed by atoms with van der Waals surface area (Å²) in [5, 5.41) is 9.01. The summed E-state index contributed by atoms with van der Waals surface area (Å²) in [7, 11) is -3.76. The molecular formula is C17H21N3O6S. The van der Waals surface area contributed by atoms with Gasteiger partial charge in [-0.05, 0) is 36.8 Å². The van der Waals surface area contributed by atoms with Crippen LogP contribution in [0.3, 0.4) is 0 Å². The first kappa shape index (κ1) is 20.6. The van der Waals surface area contributed by atoms with E-state index >= 15 is 0 Å². The van der Waals surface area contributed by atoms with E-state index in [9.17, 15) is 18.0 Å². The summed E-state index contributed by atoms with van der Waals surface area (Å²) in [6.45, 7) is 2.46. The van der Waals surface area contributed by atoms with Crippen molar-refractivity contribution >= 4 is 16.0 Å². The quantitative estimate of drug-likeness (QED) is 0.493. The van der Waals surface area contributed by atoms with Crippen LogP contribution in [-0.4, -0.2) is 37.4 Å². The third-order valence-corrected chi connectivity index (χ3v) is 4.47. The van der Waals surface area contributed by atoms with Crippen molar-refractivity contribution in [2.45, 2.75) is 31.2 Å². The minimum atomic E-state index is -3.76. The lowest BCUT2D eigenvalue weighted by Gasteiger charge is -2.09. The normalized spacial score (nSPS) is 11.2. The van der Waals surface area contributed by atoms with Crippen molar-refractivity contribution in [3.63, 3.8) is 0 Å². The molecule has 1 aromatic heterocycles. The fourth-order valence-corrected chi connectivity index (χ4v) is 2.63. The number of primary sulfonamides is 1. The summed E-state index contributed by atoms with van der Waals surface area (Å²) in [6.07, 6.45) is 1.68. The van der Waals surface area contributed by atoms with Crippen molar-refractivity contribution in [3.05, 3.63) is 52.4 Å². The van der Waals surface area contributed by atoms with Crippen LogP contribution in [0.4, 0.5) is 0 Å². The summed E-state index contributed by atoms with van der Waals surface area (Å²) >= 11 is 0. The Hall–Kier alpha value is -2.72. The third kappa shape index (κ3) is 6.19. The molecule has 0 radical (unpaired) electrons. The molecule has 27 heavy (non-hydrogen) atoms. The number of aryl methyl sites for hydroxylation is 1. The van der Waals surface area contributed by atoms with E-state index in [1.807, 2.05) is 6.92 Å². The van der Waals surface area contributed by atoms with Gasteiger partial charge >= 0.3 is 5.97 Å². The summed E-state index contributed by atoms with van der Waals surface area (Å²) in [4.78, 5) is 23.7. The number of nitrogens with two attached hydrogens (primary N) is 1. The van der Waals surface area contributed by atoms with E-state index in [-0.39, 0.29) is 29.4 Å². The first-order valence-electron chi connectivity index (χ1n) is 8.32. The molecule has 2 rings (SSSR count). The number of carbonyl (C=O) groups excluding carboxylic acids is 1. The van der Waals surface area contributed by atoms with E-state index in [4.69, 9.17) is 14.6 Å². The van der Waals surface area contributed by atoms with Crippen molar-refractivity contribution in [1.82, 2.24) is 9.78 Å². The molecule has 0 saturated heterocycles. The molecule has 0 aliphatic carbocycles. The lowest BCUT2D eigenvalue weighted by Crippen LogP contribution is -2.25. The SMILES string of the molecule is CCCCn1nc(C(=O)OCCOc2ccc(S(N)(=O)=O)cc2)ccc1=O. The van der Waals surface area contributed by atoms with E-state index in [0.717, 1.165) is 12.8 Å². The highest BCUT2D eigenvalue weighted by Crippen LogP contribution is 2.14. The molecule has 0 aliphatic heterocycles. The number of rotatable bonds is 9. The molecule has 1 heterocycles. The predicted molar refractivity (Wildman–Crippen MR) is 97.0 cm³/mol. The Morgan fingerprint density at radius 1 is 1.15 bits per heavy atom. The second-order valence-corrected chi connectivity index (χ2v) is 7.20. The fourth-order valence-electron chi connectivity index (χ4n) is 2.12. The van der Waals surface area contributed by atoms with Gasteiger partial charge in [-0.1, -0.05) is 13.3 Å². The third-order valence-electron chi connectivity index (χ3n) is 3.54. The first-order chi connectivity index (χ1) is 12.8. The van der Waals surface area contributed by atoms with Crippen LogP contribution < -0.4 is 15.4 Å². The summed E-state index contributed by atoms with van der Waals surface area (Å²) in [6, 6.07) is 8.14. The summed E-state index contributed by atoms with van der Waals surface area (Å²) in [5.74, 6) is -0.252. The Bertz CT molecular complexity index is 938. The first-order valence-corrected chi connectivity index (χ1v) is 9.87. The van der Waals surface area contributed by atoms with Crippen LogP contribution in [0.25, 0.3) is 0 Å². The topological polar surface area (TPSA) is 131 Å². The van der Waals surface area contributed by atoms with Crippen LogP contribution in [0.5, 0.6) is 5.75 Å². The highest BCUT2D eigenvalue weighted by atomic mass is 32.2. The average molecular weight is 395 g/mol. The minimum absolute atomic E-state index is 0.0226. The van der Waals surface area contributed by atoms with Crippen molar-refractivity contribution in [2.24, 2.45) is 5.14 Å². The van der Waals surface area contributed by atoms with Gasteiger partial charge in [-0.25, -0.2) is 23.0 Å². The van der Waals surface area contributed by atoms with Gasteiger partial charge in [0.2, 0.25) is 10.0 Å². The number of esters is 1. The molecule has 0 atom stereocenters. The van der Waals surface area contributed by atoms with Crippen molar-refractivity contribution < 1.29 is 22.7 Å². The lowest BCUT2D eigenvalue weighted by molar-refractivity contribution is 0.0440. The number of ether oxygens (including phenoxy) is 2. The van der Waals surface area contributed by atoms with Gasteiger partial charge in [-0.15, -0.1) is 0 Å². The second-order valence-electron chi connectivity index (χ2n) is 5.63. The van der Waals surface area contributed by atoms with E-state index in [0.29, 0.717) is 12.3 Å². The number of aromatic nitrogens is 2. The maximum absolute atomic E-state index is 12.0. The Morgan fingerprint density at radius 3 is 2.48 bits per heavy atom. The van der Waals surface area contributed by atoms with Gasteiger partial charge in [0.15, 0.2) is 5.69 Å². The van der Waals surface area contributed by atoms with Gasteiger partial charge in [0.05, 0.1) is 4.90 Å². The van der Waals surface area contributed by atoms with E-state index in [1.165, 1.54) is 41.1 Å². The van der Waals surface area contributed by atoms with Crippen molar-refractivity contribution in [2.75, 3.05) is 13.2 Å². The Labute approximate surface area is 156 Å². The molecule has 0 aliphatic rings. The summed E-state index contributed by atoms with van der Waals surface area (Å²) < 4.78 is 34.0. The number of carbonyl (C=O) groups is 1. The highest BCUT2D eigenvalue weighted by Gasteiger charge is 2.11. The largest absolute Gasteiger partial charge is 0.490 e. The van der Waals surface area contributed by atoms with Crippen molar-refractivity contribution in [3.8, 4) is 5.75 Å². The van der Waals surface area contributed by atoms with Gasteiger partial charge in [0.1, 0.15) is 19.0 Å². The highest BCUT2D eigenvalue weighted by molar-refractivity contribution is 7.89. The molecular weight excluding hydrogens is 374 g/mol. The van der Waals surface area contributed by atoms with Crippen LogP contribution >= 0.6 is 0 Å². The van der Waals surface area contributed by atoms with Gasteiger partial charge in [-0.2, -0.15) is 5.10 Å². The molecule has 0 bridgehead atoms. The molecule has 2 N–H and O–H groups in total. The Kier molecular flexibility index (Phi) is 7.08. The monoisotopic (exact) mass is 395 g/mol. The molecule has 146 valence electrons. The predicted octanol–water partition coefficient (Wildman–Crippen LogP) is 0.927. The smallest absolute Gasteiger partial charge is 0.358 e. The van der Waals surface area contributed by atoms with Crippen LogP contribution in [0.2, 0.25) is 0 Å². The van der Waals surface area contributed by atoms with E-state index < -0.39 is 16.0 Å². The van der Waals surface area contributed by atoms with Crippen LogP contribution in [0, 0.1) is 0 Å².